The van der Waals surface area contributed by atoms with Crippen LogP contribution in [0.2, 0.25) is 0 Å². The lowest BCUT2D eigenvalue weighted by Crippen LogP contribution is -2.42. The lowest BCUT2D eigenvalue weighted by Gasteiger charge is -2.28. The van der Waals surface area contributed by atoms with Crippen molar-refractivity contribution in [1.82, 2.24) is 5.32 Å². The molecule has 0 fully saturated rings. The van der Waals surface area contributed by atoms with Gasteiger partial charge in [-0.25, -0.2) is 0 Å². The summed E-state index contributed by atoms with van der Waals surface area (Å²) in [5.74, 6) is 2.01. The molecule has 2 nitrogen and oxygen atoms in total. The van der Waals surface area contributed by atoms with Gasteiger partial charge in [-0.1, -0.05) is 34.6 Å². The zero-order valence-corrected chi connectivity index (χ0v) is 13.2. The van der Waals surface area contributed by atoms with Crippen molar-refractivity contribution >= 4 is 11.8 Å². The van der Waals surface area contributed by atoms with E-state index in [1.54, 1.807) is 0 Å². The lowest BCUT2D eigenvalue weighted by molar-refractivity contribution is 0.284. The Labute approximate surface area is 111 Å². The molecule has 0 amide bonds. The van der Waals surface area contributed by atoms with Crippen molar-refractivity contribution in [3.8, 4) is 0 Å². The van der Waals surface area contributed by atoms with Crippen LogP contribution in [0, 0.1) is 5.92 Å². The molecule has 0 rings (SSSR count). The van der Waals surface area contributed by atoms with Gasteiger partial charge in [0.1, 0.15) is 5.76 Å². The summed E-state index contributed by atoms with van der Waals surface area (Å²) in [7, 11) is 0. The van der Waals surface area contributed by atoms with E-state index in [4.69, 9.17) is 0 Å². The summed E-state index contributed by atoms with van der Waals surface area (Å²) in [5, 5.41) is 14.3. The van der Waals surface area contributed by atoms with E-state index in [9.17, 15) is 5.11 Å². The molecule has 0 heterocycles. The molecule has 2 unspecified atom stereocenters. The van der Waals surface area contributed by atoms with E-state index in [0.29, 0.717) is 23.0 Å². The van der Waals surface area contributed by atoms with Crippen molar-refractivity contribution in [3.05, 3.63) is 11.3 Å². The van der Waals surface area contributed by atoms with Gasteiger partial charge in [0.25, 0.3) is 0 Å². The molecule has 0 aliphatic rings. The summed E-state index contributed by atoms with van der Waals surface area (Å²) in [6.45, 7) is 14.8. The highest BCUT2D eigenvalue weighted by Gasteiger charge is 2.23. The zero-order chi connectivity index (χ0) is 13.6. The molecule has 0 aliphatic carbocycles. The van der Waals surface area contributed by atoms with Crippen LogP contribution in [0.1, 0.15) is 48.5 Å². The van der Waals surface area contributed by atoms with Crippen LogP contribution >= 0.6 is 11.8 Å². The van der Waals surface area contributed by atoms with Gasteiger partial charge in [0.2, 0.25) is 0 Å². The highest BCUT2D eigenvalue weighted by Crippen LogP contribution is 2.21. The van der Waals surface area contributed by atoms with E-state index in [0.717, 1.165) is 11.3 Å². The van der Waals surface area contributed by atoms with Crippen molar-refractivity contribution in [3.63, 3.8) is 0 Å². The number of aliphatic hydroxyl groups is 1. The molecule has 2 N–H and O–H groups in total. The van der Waals surface area contributed by atoms with Crippen LogP contribution < -0.4 is 5.32 Å². The average Bonchev–Trinajstić information content (AvgIpc) is 2.21. The topological polar surface area (TPSA) is 32.3 Å². The van der Waals surface area contributed by atoms with Crippen molar-refractivity contribution in [2.45, 2.75) is 65.8 Å². The number of allylic oxidation sites excluding steroid dienone is 1. The third-order valence-electron chi connectivity index (χ3n) is 2.58. The van der Waals surface area contributed by atoms with E-state index in [-0.39, 0.29) is 6.04 Å². The average molecular weight is 259 g/mol. The zero-order valence-electron chi connectivity index (χ0n) is 12.4. The highest BCUT2D eigenvalue weighted by molar-refractivity contribution is 7.99. The predicted octanol–water partition coefficient (Wildman–Crippen LogP) is 3.98. The molecule has 0 saturated heterocycles. The second-order valence-corrected chi connectivity index (χ2v) is 7.15. The molecule has 0 radical (unpaired) electrons. The maximum absolute atomic E-state index is 10.2. The summed E-state index contributed by atoms with van der Waals surface area (Å²) in [4.78, 5) is 0. The van der Waals surface area contributed by atoms with Gasteiger partial charge in [0, 0.05) is 6.04 Å². The predicted molar refractivity (Wildman–Crippen MR) is 79.8 cm³/mol. The van der Waals surface area contributed by atoms with Crippen LogP contribution in [0.5, 0.6) is 0 Å². The van der Waals surface area contributed by atoms with Gasteiger partial charge in [-0.2, -0.15) is 11.8 Å². The molecule has 0 aromatic heterocycles. The number of hydrogen-bond acceptors (Lipinski definition) is 3. The maximum atomic E-state index is 10.2. The Bertz CT molecular complexity index is 245. The minimum Gasteiger partial charge on any atom is -0.511 e. The molecule has 0 saturated carbocycles. The van der Waals surface area contributed by atoms with E-state index in [1.165, 1.54) is 0 Å². The van der Waals surface area contributed by atoms with Gasteiger partial charge < -0.3 is 10.4 Å². The van der Waals surface area contributed by atoms with Crippen molar-refractivity contribution < 1.29 is 5.11 Å². The van der Waals surface area contributed by atoms with Crippen LogP contribution in [0.3, 0.4) is 0 Å². The lowest BCUT2D eigenvalue weighted by atomic mass is 9.99. The third-order valence-corrected chi connectivity index (χ3v) is 3.97. The fourth-order valence-electron chi connectivity index (χ4n) is 1.62. The Balaban J connectivity index is 4.62. The van der Waals surface area contributed by atoms with Gasteiger partial charge in [0.05, 0.1) is 6.04 Å². The summed E-state index contributed by atoms with van der Waals surface area (Å²) in [6.07, 6.45) is 0. The smallest absolute Gasteiger partial charge is 0.108 e. The quantitative estimate of drug-likeness (QED) is 0.678. The fourth-order valence-corrected chi connectivity index (χ4v) is 2.50. The Kier molecular flexibility index (Phi) is 7.97. The van der Waals surface area contributed by atoms with Crippen molar-refractivity contribution in [1.29, 1.82) is 0 Å². The second-order valence-electron chi connectivity index (χ2n) is 5.54. The molecule has 0 bridgehead atoms. The first-order valence-electron chi connectivity index (χ1n) is 6.49. The Morgan fingerprint density at radius 1 is 1.12 bits per heavy atom. The van der Waals surface area contributed by atoms with Crippen LogP contribution in [-0.4, -0.2) is 28.2 Å². The van der Waals surface area contributed by atoms with Crippen LogP contribution in [0.15, 0.2) is 11.3 Å². The standard InChI is InChI=1S/C14H29NOS/c1-9(2)14(16)13(15-10(3)4)12(7)8-17-11(5)6/h10-13,15-16H,8H2,1-7H3. The third kappa shape index (κ3) is 6.99. The minimum absolute atomic E-state index is 0.0752. The minimum atomic E-state index is 0.0752. The van der Waals surface area contributed by atoms with Gasteiger partial charge in [-0.15, -0.1) is 0 Å². The van der Waals surface area contributed by atoms with Crippen molar-refractivity contribution in [2.24, 2.45) is 5.92 Å². The maximum Gasteiger partial charge on any atom is 0.108 e. The Hall–Kier alpha value is -0.150. The molecular formula is C14H29NOS. The number of aliphatic hydroxyl groups excluding tert-OH is 1. The summed E-state index contributed by atoms with van der Waals surface area (Å²) in [6, 6.07) is 0.458. The van der Waals surface area contributed by atoms with E-state index in [1.807, 2.05) is 25.6 Å². The van der Waals surface area contributed by atoms with Gasteiger partial charge in [-0.05, 0) is 36.3 Å². The molecule has 3 heteroatoms. The normalized spacial score (nSPS) is 15.1. The fraction of sp³-hybridized carbons (Fsp3) is 0.857. The van der Waals surface area contributed by atoms with E-state index >= 15 is 0 Å². The molecule has 0 aromatic rings. The van der Waals surface area contributed by atoms with Crippen molar-refractivity contribution in [2.75, 3.05) is 5.75 Å². The first kappa shape index (κ1) is 16.9. The molecular weight excluding hydrogens is 230 g/mol. The highest BCUT2D eigenvalue weighted by atomic mass is 32.2. The van der Waals surface area contributed by atoms with E-state index in [2.05, 4.69) is 39.9 Å². The summed E-state index contributed by atoms with van der Waals surface area (Å²) < 4.78 is 0. The second kappa shape index (κ2) is 8.04. The summed E-state index contributed by atoms with van der Waals surface area (Å²) >= 11 is 1.95. The largest absolute Gasteiger partial charge is 0.511 e. The van der Waals surface area contributed by atoms with Gasteiger partial charge >= 0.3 is 0 Å². The number of nitrogens with one attached hydrogen (secondary N) is 1. The Morgan fingerprint density at radius 3 is 2.00 bits per heavy atom. The molecule has 0 spiro atoms. The van der Waals surface area contributed by atoms with Crippen LogP contribution in [0.25, 0.3) is 0 Å². The molecule has 0 aliphatic heterocycles. The monoisotopic (exact) mass is 259 g/mol. The number of hydrogen-bond donors (Lipinski definition) is 2. The van der Waals surface area contributed by atoms with Gasteiger partial charge in [0.15, 0.2) is 0 Å². The molecule has 2 atom stereocenters. The van der Waals surface area contributed by atoms with E-state index < -0.39 is 0 Å². The van der Waals surface area contributed by atoms with Crippen LogP contribution in [0.4, 0.5) is 0 Å². The molecule has 0 aromatic carbocycles. The molecule has 17 heavy (non-hydrogen) atoms. The first-order chi connectivity index (χ1) is 7.75. The number of rotatable bonds is 7. The molecule has 102 valence electrons. The Morgan fingerprint density at radius 2 is 1.65 bits per heavy atom. The van der Waals surface area contributed by atoms with Gasteiger partial charge in [-0.3, -0.25) is 0 Å². The summed E-state index contributed by atoms with van der Waals surface area (Å²) in [5.41, 5.74) is 1.00. The number of thioether (sulfide) groups is 1. The first-order valence-corrected chi connectivity index (χ1v) is 7.54. The SMILES string of the molecule is CC(C)=C(O)C(NC(C)C)C(C)CSC(C)C. The van der Waals surface area contributed by atoms with Crippen LogP contribution in [-0.2, 0) is 0 Å².